The van der Waals surface area contributed by atoms with Crippen molar-refractivity contribution in [2.75, 3.05) is 0 Å². The highest BCUT2D eigenvalue weighted by molar-refractivity contribution is 5.88. The van der Waals surface area contributed by atoms with E-state index in [0.717, 1.165) is 23.5 Å². The molecule has 0 saturated carbocycles. The van der Waals surface area contributed by atoms with Gasteiger partial charge in [-0.1, -0.05) is 56.7 Å². The second-order valence-electron chi connectivity index (χ2n) is 5.63. The van der Waals surface area contributed by atoms with Gasteiger partial charge in [-0.05, 0) is 47.6 Å². The molecule has 0 aliphatic rings. The maximum Gasteiger partial charge on any atom is 0.335 e. The first kappa shape index (κ1) is 15.3. The monoisotopic (exact) mass is 282 g/mol. The Kier molecular flexibility index (Phi) is 5.15. The highest BCUT2D eigenvalue weighted by Crippen LogP contribution is 2.21. The molecule has 1 N–H and O–H groups in total. The predicted octanol–water partition coefficient (Wildman–Crippen LogP) is 5.03. The molecule has 2 aromatic rings. The fourth-order valence-corrected chi connectivity index (χ4v) is 2.29. The van der Waals surface area contributed by atoms with Crippen molar-refractivity contribution in [3.05, 3.63) is 59.7 Å². The van der Waals surface area contributed by atoms with Crippen molar-refractivity contribution in [3.63, 3.8) is 0 Å². The molecule has 0 saturated heterocycles. The minimum Gasteiger partial charge on any atom is -0.478 e. The molecule has 110 valence electrons. The van der Waals surface area contributed by atoms with Gasteiger partial charge in [-0.2, -0.15) is 0 Å². The van der Waals surface area contributed by atoms with Gasteiger partial charge in [-0.3, -0.25) is 0 Å². The van der Waals surface area contributed by atoms with E-state index in [1.807, 2.05) is 12.1 Å². The Morgan fingerprint density at radius 3 is 2.00 bits per heavy atom. The summed E-state index contributed by atoms with van der Waals surface area (Å²) in [5.41, 5.74) is 3.86. The molecular weight excluding hydrogens is 260 g/mol. The minimum absolute atomic E-state index is 0.323. The molecule has 0 amide bonds. The van der Waals surface area contributed by atoms with Crippen LogP contribution in [0.5, 0.6) is 0 Å². The second kappa shape index (κ2) is 7.07. The summed E-state index contributed by atoms with van der Waals surface area (Å²) < 4.78 is 0. The molecule has 0 spiro atoms. The predicted molar refractivity (Wildman–Crippen MR) is 86.6 cm³/mol. The Hall–Kier alpha value is -2.09. The molecule has 0 aliphatic carbocycles. The molecule has 0 aliphatic heterocycles. The highest BCUT2D eigenvalue weighted by atomic mass is 16.4. The topological polar surface area (TPSA) is 37.3 Å². The van der Waals surface area contributed by atoms with Crippen LogP contribution < -0.4 is 0 Å². The van der Waals surface area contributed by atoms with Crippen molar-refractivity contribution in [2.45, 2.75) is 33.1 Å². The van der Waals surface area contributed by atoms with Gasteiger partial charge in [-0.15, -0.1) is 0 Å². The molecule has 0 heterocycles. The number of carboxylic acid groups (broad SMARTS) is 1. The quantitative estimate of drug-likeness (QED) is 0.806. The SMILES string of the molecule is CCC(C)CCc1ccc(-c2ccc(C(=O)O)cc2)cc1. The molecule has 2 rings (SSSR count). The van der Waals surface area contributed by atoms with E-state index in [2.05, 4.69) is 38.1 Å². The Morgan fingerprint density at radius 2 is 1.52 bits per heavy atom. The van der Waals surface area contributed by atoms with Crippen LogP contribution in [0.15, 0.2) is 48.5 Å². The van der Waals surface area contributed by atoms with E-state index in [9.17, 15) is 4.79 Å². The molecule has 2 nitrogen and oxygen atoms in total. The van der Waals surface area contributed by atoms with Gasteiger partial charge in [0, 0.05) is 0 Å². The fourth-order valence-electron chi connectivity index (χ4n) is 2.29. The molecule has 0 fully saturated rings. The first-order valence-corrected chi connectivity index (χ1v) is 7.52. The zero-order chi connectivity index (χ0) is 15.2. The van der Waals surface area contributed by atoms with Gasteiger partial charge >= 0.3 is 5.97 Å². The number of carbonyl (C=O) groups is 1. The van der Waals surface area contributed by atoms with Gasteiger partial charge in [0.2, 0.25) is 0 Å². The van der Waals surface area contributed by atoms with Crippen LogP contribution in [-0.2, 0) is 6.42 Å². The lowest BCUT2D eigenvalue weighted by atomic mass is 9.97. The highest BCUT2D eigenvalue weighted by Gasteiger charge is 2.04. The second-order valence-corrected chi connectivity index (χ2v) is 5.63. The molecule has 0 radical (unpaired) electrons. The number of aryl methyl sites for hydroxylation is 1. The van der Waals surface area contributed by atoms with Gasteiger partial charge in [0.1, 0.15) is 0 Å². The lowest BCUT2D eigenvalue weighted by Gasteiger charge is -2.09. The van der Waals surface area contributed by atoms with Crippen molar-refractivity contribution in [1.29, 1.82) is 0 Å². The zero-order valence-electron chi connectivity index (χ0n) is 12.7. The normalized spacial score (nSPS) is 12.1. The number of hydrogen-bond donors (Lipinski definition) is 1. The van der Waals surface area contributed by atoms with Gasteiger partial charge in [-0.25, -0.2) is 4.79 Å². The summed E-state index contributed by atoms with van der Waals surface area (Å²) in [6.45, 7) is 4.52. The van der Waals surface area contributed by atoms with Crippen molar-refractivity contribution < 1.29 is 9.90 Å². The van der Waals surface area contributed by atoms with Gasteiger partial charge in [0.15, 0.2) is 0 Å². The van der Waals surface area contributed by atoms with Crippen LogP contribution in [0, 0.1) is 5.92 Å². The number of aromatic carboxylic acids is 1. The molecule has 2 aromatic carbocycles. The Bertz CT molecular complexity index is 582. The number of benzene rings is 2. The molecule has 0 aromatic heterocycles. The largest absolute Gasteiger partial charge is 0.478 e. The van der Waals surface area contributed by atoms with E-state index in [0.29, 0.717) is 5.56 Å². The van der Waals surface area contributed by atoms with E-state index in [1.165, 1.54) is 18.4 Å². The van der Waals surface area contributed by atoms with Gasteiger partial charge in [0.25, 0.3) is 0 Å². The third-order valence-electron chi connectivity index (χ3n) is 4.04. The summed E-state index contributed by atoms with van der Waals surface area (Å²) in [5, 5.41) is 8.91. The molecule has 0 bridgehead atoms. The van der Waals surface area contributed by atoms with Crippen molar-refractivity contribution in [3.8, 4) is 11.1 Å². The van der Waals surface area contributed by atoms with E-state index >= 15 is 0 Å². The van der Waals surface area contributed by atoms with Crippen LogP contribution in [0.1, 0.15) is 42.6 Å². The molecule has 1 unspecified atom stereocenters. The maximum absolute atomic E-state index is 10.8. The van der Waals surface area contributed by atoms with E-state index in [1.54, 1.807) is 12.1 Å². The maximum atomic E-state index is 10.8. The van der Waals surface area contributed by atoms with E-state index in [-0.39, 0.29) is 0 Å². The Balaban J connectivity index is 2.06. The third-order valence-corrected chi connectivity index (χ3v) is 4.04. The fraction of sp³-hybridized carbons (Fsp3) is 0.316. The summed E-state index contributed by atoms with van der Waals surface area (Å²) in [4.78, 5) is 10.8. The first-order chi connectivity index (χ1) is 10.1. The first-order valence-electron chi connectivity index (χ1n) is 7.52. The minimum atomic E-state index is -0.887. The Labute approximate surface area is 126 Å². The van der Waals surface area contributed by atoms with E-state index < -0.39 is 5.97 Å². The number of rotatable bonds is 6. The van der Waals surface area contributed by atoms with Crippen molar-refractivity contribution in [2.24, 2.45) is 5.92 Å². The lowest BCUT2D eigenvalue weighted by molar-refractivity contribution is 0.0697. The van der Waals surface area contributed by atoms with Crippen LogP contribution >= 0.6 is 0 Å². The lowest BCUT2D eigenvalue weighted by Crippen LogP contribution is -1.96. The molecule has 1 atom stereocenters. The van der Waals surface area contributed by atoms with Gasteiger partial charge < -0.3 is 5.11 Å². The van der Waals surface area contributed by atoms with E-state index in [4.69, 9.17) is 5.11 Å². The molecule has 2 heteroatoms. The van der Waals surface area contributed by atoms with Gasteiger partial charge in [0.05, 0.1) is 5.56 Å². The third kappa shape index (κ3) is 4.19. The van der Waals surface area contributed by atoms with Crippen LogP contribution in [0.25, 0.3) is 11.1 Å². The van der Waals surface area contributed by atoms with Crippen LogP contribution in [0.3, 0.4) is 0 Å². The summed E-state index contributed by atoms with van der Waals surface area (Å²) in [6.07, 6.45) is 3.57. The molecule has 21 heavy (non-hydrogen) atoms. The van der Waals surface area contributed by atoms with Crippen molar-refractivity contribution in [1.82, 2.24) is 0 Å². The van der Waals surface area contributed by atoms with Crippen LogP contribution in [-0.4, -0.2) is 11.1 Å². The summed E-state index contributed by atoms with van der Waals surface area (Å²) in [7, 11) is 0. The smallest absolute Gasteiger partial charge is 0.335 e. The zero-order valence-corrected chi connectivity index (χ0v) is 12.7. The summed E-state index contributed by atoms with van der Waals surface area (Å²) in [5.74, 6) is -0.116. The van der Waals surface area contributed by atoms with Crippen LogP contribution in [0.4, 0.5) is 0 Å². The molecular formula is C19H22O2. The average molecular weight is 282 g/mol. The Morgan fingerprint density at radius 1 is 1.00 bits per heavy atom. The van der Waals surface area contributed by atoms with Crippen LogP contribution in [0.2, 0.25) is 0 Å². The standard InChI is InChI=1S/C19H22O2/c1-3-14(2)4-5-15-6-8-16(9-7-15)17-10-12-18(13-11-17)19(20)21/h6-14H,3-5H2,1-2H3,(H,20,21). The number of carboxylic acids is 1. The summed E-state index contributed by atoms with van der Waals surface area (Å²) >= 11 is 0. The average Bonchev–Trinajstić information content (AvgIpc) is 2.53. The van der Waals surface area contributed by atoms with Crippen molar-refractivity contribution >= 4 is 5.97 Å². The number of hydrogen-bond acceptors (Lipinski definition) is 1. The summed E-state index contributed by atoms with van der Waals surface area (Å²) in [6, 6.07) is 15.6.